The highest BCUT2D eigenvalue weighted by atomic mass is 16.6. The molecule has 1 heterocycles. The van der Waals surface area contributed by atoms with Gasteiger partial charge in [-0.05, 0) is 48.6 Å². The van der Waals surface area contributed by atoms with E-state index in [0.717, 1.165) is 30.4 Å². The highest BCUT2D eigenvalue weighted by Crippen LogP contribution is 2.41. The highest BCUT2D eigenvalue weighted by Gasteiger charge is 2.51. The number of amides is 1. The summed E-state index contributed by atoms with van der Waals surface area (Å²) in [4.78, 5) is 28.4. The first-order chi connectivity index (χ1) is 15.9. The number of benzene rings is 2. The first kappa shape index (κ1) is 23.3. The summed E-state index contributed by atoms with van der Waals surface area (Å²) in [7, 11) is 0. The molecule has 0 aromatic heterocycles. The van der Waals surface area contributed by atoms with Crippen LogP contribution in [0.4, 0.5) is 4.79 Å². The van der Waals surface area contributed by atoms with Gasteiger partial charge in [0.05, 0.1) is 6.04 Å². The van der Waals surface area contributed by atoms with Crippen LogP contribution in [0, 0.1) is 17.8 Å². The molecule has 2 aliphatic rings. The smallest absolute Gasteiger partial charge is 0.411 e. The van der Waals surface area contributed by atoms with Gasteiger partial charge in [0, 0.05) is 0 Å². The van der Waals surface area contributed by atoms with Crippen LogP contribution in [-0.4, -0.2) is 29.1 Å². The molecule has 5 nitrogen and oxygen atoms in total. The fourth-order valence-corrected chi connectivity index (χ4v) is 5.38. The standard InChI is InChI=1S/C28H35NO4/c1-18(2)23-16-15-19(3)17-24(23)32-27(30)25-26(22-13-9-6-10-14-22)33-28(31)29(25)20(4)21-11-7-5-8-12-21/h5-14,18-20,23-26H,15-17H2,1-4H3/t19?,20?,23?,24?,25?,26-/m0/s1. The summed E-state index contributed by atoms with van der Waals surface area (Å²) >= 11 is 0. The van der Waals surface area contributed by atoms with Gasteiger partial charge in [-0.15, -0.1) is 0 Å². The molecule has 1 saturated heterocycles. The molecular formula is C28H35NO4. The van der Waals surface area contributed by atoms with Gasteiger partial charge in [-0.1, -0.05) is 87.9 Å². The Morgan fingerprint density at radius 1 is 1.00 bits per heavy atom. The number of cyclic esters (lactones) is 1. The normalized spacial score (nSPS) is 28.5. The molecule has 5 heteroatoms. The van der Waals surface area contributed by atoms with Crippen molar-refractivity contribution in [3.63, 3.8) is 0 Å². The number of hydrogen-bond acceptors (Lipinski definition) is 4. The number of nitrogens with zero attached hydrogens (tertiary/aromatic N) is 1. The lowest BCUT2D eigenvalue weighted by Gasteiger charge is -2.38. The Kier molecular flexibility index (Phi) is 7.06. The van der Waals surface area contributed by atoms with Crippen LogP contribution in [0.2, 0.25) is 0 Å². The minimum atomic E-state index is -0.833. The predicted octanol–water partition coefficient (Wildman–Crippen LogP) is 6.31. The Balaban J connectivity index is 1.66. The molecule has 0 bridgehead atoms. The molecular weight excluding hydrogens is 414 g/mol. The molecule has 0 N–H and O–H groups in total. The molecule has 1 saturated carbocycles. The third kappa shape index (κ3) is 4.92. The van der Waals surface area contributed by atoms with Crippen LogP contribution in [0.1, 0.15) is 70.2 Å². The van der Waals surface area contributed by atoms with Gasteiger partial charge in [-0.25, -0.2) is 9.59 Å². The highest BCUT2D eigenvalue weighted by molar-refractivity contribution is 5.86. The summed E-state index contributed by atoms with van der Waals surface area (Å²) in [5.41, 5.74) is 1.75. The minimum Gasteiger partial charge on any atom is -0.460 e. The number of rotatable bonds is 6. The van der Waals surface area contributed by atoms with E-state index in [4.69, 9.17) is 9.47 Å². The van der Waals surface area contributed by atoms with E-state index in [1.165, 1.54) is 0 Å². The summed E-state index contributed by atoms with van der Waals surface area (Å²) in [5.74, 6) is 0.908. The zero-order valence-corrected chi connectivity index (χ0v) is 20.0. The lowest BCUT2D eigenvalue weighted by molar-refractivity contribution is -0.162. The van der Waals surface area contributed by atoms with Crippen molar-refractivity contribution < 1.29 is 19.1 Å². The zero-order valence-electron chi connectivity index (χ0n) is 20.0. The van der Waals surface area contributed by atoms with Crippen LogP contribution < -0.4 is 0 Å². The second kappa shape index (κ2) is 9.98. The monoisotopic (exact) mass is 449 g/mol. The Morgan fingerprint density at radius 3 is 2.27 bits per heavy atom. The molecule has 33 heavy (non-hydrogen) atoms. The number of ether oxygens (including phenoxy) is 2. The van der Waals surface area contributed by atoms with Crippen molar-refractivity contribution in [3.8, 4) is 0 Å². The number of carbonyl (C=O) groups is 2. The first-order valence-corrected chi connectivity index (χ1v) is 12.2. The van der Waals surface area contributed by atoms with Crippen LogP contribution in [-0.2, 0) is 14.3 Å². The Bertz CT molecular complexity index is 945. The zero-order chi connectivity index (χ0) is 23.5. The second-order valence-corrected chi connectivity index (χ2v) is 9.96. The van der Waals surface area contributed by atoms with Gasteiger partial charge in [-0.3, -0.25) is 4.90 Å². The van der Waals surface area contributed by atoms with E-state index in [0.29, 0.717) is 17.8 Å². The van der Waals surface area contributed by atoms with Crippen molar-refractivity contribution in [2.45, 2.75) is 71.2 Å². The van der Waals surface area contributed by atoms with Crippen molar-refractivity contribution in [1.29, 1.82) is 0 Å². The van der Waals surface area contributed by atoms with Crippen LogP contribution in [0.15, 0.2) is 60.7 Å². The van der Waals surface area contributed by atoms with Gasteiger partial charge in [0.2, 0.25) is 0 Å². The van der Waals surface area contributed by atoms with E-state index >= 15 is 0 Å². The fraction of sp³-hybridized carbons (Fsp3) is 0.500. The summed E-state index contributed by atoms with van der Waals surface area (Å²) < 4.78 is 12.0. The molecule has 4 rings (SSSR count). The van der Waals surface area contributed by atoms with E-state index in [1.54, 1.807) is 4.90 Å². The van der Waals surface area contributed by atoms with Crippen molar-refractivity contribution in [2.24, 2.45) is 17.8 Å². The molecule has 1 aliphatic heterocycles. The number of hydrogen-bond donors (Lipinski definition) is 0. The molecule has 0 radical (unpaired) electrons. The lowest BCUT2D eigenvalue weighted by atomic mass is 9.75. The topological polar surface area (TPSA) is 55.8 Å². The van der Waals surface area contributed by atoms with Crippen LogP contribution in [0.25, 0.3) is 0 Å². The lowest BCUT2D eigenvalue weighted by Crippen LogP contribution is -2.46. The van der Waals surface area contributed by atoms with Crippen molar-refractivity contribution in [1.82, 2.24) is 4.90 Å². The van der Waals surface area contributed by atoms with E-state index in [9.17, 15) is 9.59 Å². The molecule has 0 spiro atoms. The van der Waals surface area contributed by atoms with Crippen molar-refractivity contribution in [3.05, 3.63) is 71.8 Å². The van der Waals surface area contributed by atoms with E-state index < -0.39 is 18.2 Å². The maximum absolute atomic E-state index is 13.8. The molecule has 6 atom stereocenters. The maximum atomic E-state index is 13.8. The van der Waals surface area contributed by atoms with Gasteiger partial charge in [0.15, 0.2) is 12.1 Å². The van der Waals surface area contributed by atoms with E-state index in [1.807, 2.05) is 67.6 Å². The largest absolute Gasteiger partial charge is 0.460 e. The average molecular weight is 450 g/mol. The Morgan fingerprint density at radius 2 is 1.64 bits per heavy atom. The van der Waals surface area contributed by atoms with Gasteiger partial charge in [-0.2, -0.15) is 0 Å². The third-order valence-corrected chi connectivity index (χ3v) is 7.32. The SMILES string of the molecule is CC1CCC(C(C)C)C(OC(=O)C2[C@H](c3ccccc3)OC(=O)N2C(C)c2ccccc2)C1. The molecule has 176 valence electrons. The third-order valence-electron chi connectivity index (χ3n) is 7.32. The van der Waals surface area contributed by atoms with Gasteiger partial charge >= 0.3 is 12.1 Å². The van der Waals surface area contributed by atoms with Crippen LogP contribution >= 0.6 is 0 Å². The van der Waals surface area contributed by atoms with Crippen molar-refractivity contribution >= 4 is 12.1 Å². The van der Waals surface area contributed by atoms with Gasteiger partial charge in [0.25, 0.3) is 0 Å². The fourth-order valence-electron chi connectivity index (χ4n) is 5.38. The number of esters is 1. The molecule has 2 aromatic carbocycles. The maximum Gasteiger partial charge on any atom is 0.411 e. The van der Waals surface area contributed by atoms with Gasteiger partial charge in [0.1, 0.15) is 6.10 Å². The minimum absolute atomic E-state index is 0.137. The Labute approximate surface area is 197 Å². The van der Waals surface area contributed by atoms with E-state index in [-0.39, 0.29) is 18.1 Å². The van der Waals surface area contributed by atoms with Crippen molar-refractivity contribution in [2.75, 3.05) is 0 Å². The molecule has 1 aliphatic carbocycles. The van der Waals surface area contributed by atoms with Crippen LogP contribution in [0.3, 0.4) is 0 Å². The average Bonchev–Trinajstić information content (AvgIpc) is 3.16. The molecule has 1 amide bonds. The molecule has 2 fully saturated rings. The quantitative estimate of drug-likeness (QED) is 0.485. The van der Waals surface area contributed by atoms with Crippen LogP contribution in [0.5, 0.6) is 0 Å². The summed E-state index contributed by atoms with van der Waals surface area (Å²) in [6.07, 6.45) is 1.76. The predicted molar refractivity (Wildman–Crippen MR) is 127 cm³/mol. The van der Waals surface area contributed by atoms with E-state index in [2.05, 4.69) is 20.8 Å². The van der Waals surface area contributed by atoms with Gasteiger partial charge < -0.3 is 9.47 Å². The first-order valence-electron chi connectivity index (χ1n) is 12.2. The Hall–Kier alpha value is -2.82. The molecule has 5 unspecified atom stereocenters. The summed E-state index contributed by atoms with van der Waals surface area (Å²) in [5, 5.41) is 0. The second-order valence-electron chi connectivity index (χ2n) is 9.96. The molecule has 2 aromatic rings. The number of carbonyl (C=O) groups excluding carboxylic acids is 2. The summed E-state index contributed by atoms with van der Waals surface area (Å²) in [6.45, 7) is 8.54. The summed E-state index contributed by atoms with van der Waals surface area (Å²) in [6, 6.07) is 18.1.